The van der Waals surface area contributed by atoms with Gasteiger partial charge in [0.2, 0.25) is 11.8 Å². The van der Waals surface area contributed by atoms with Crippen molar-refractivity contribution in [2.24, 2.45) is 11.8 Å². The predicted molar refractivity (Wildman–Crippen MR) is 86.6 cm³/mol. The number of hydrogen-bond acceptors (Lipinski definition) is 2. The number of aryl methyl sites for hydroxylation is 1. The Labute approximate surface area is 132 Å². The summed E-state index contributed by atoms with van der Waals surface area (Å²) in [4.78, 5) is 28.6. The molecule has 1 aromatic carbocycles. The van der Waals surface area contributed by atoms with Gasteiger partial charge in [-0.3, -0.25) is 9.59 Å². The van der Waals surface area contributed by atoms with Gasteiger partial charge in [0.25, 0.3) is 0 Å². The third-order valence-corrected chi connectivity index (χ3v) is 4.92. The first kappa shape index (κ1) is 15.1. The van der Waals surface area contributed by atoms with Gasteiger partial charge in [-0.05, 0) is 37.8 Å². The maximum absolute atomic E-state index is 12.6. The van der Waals surface area contributed by atoms with Gasteiger partial charge < -0.3 is 9.80 Å². The average Bonchev–Trinajstić information content (AvgIpc) is 2.90. The number of nitrogens with zero attached hydrogens (tertiary/aromatic N) is 2. The van der Waals surface area contributed by atoms with E-state index in [0.29, 0.717) is 18.9 Å². The summed E-state index contributed by atoms with van der Waals surface area (Å²) in [7, 11) is 0. The van der Waals surface area contributed by atoms with Crippen molar-refractivity contribution in [2.75, 3.05) is 24.5 Å². The lowest BCUT2D eigenvalue weighted by atomic mass is 9.97. The third-order valence-electron chi connectivity index (χ3n) is 4.92. The molecule has 118 valence electrons. The van der Waals surface area contributed by atoms with E-state index >= 15 is 0 Å². The first-order valence-electron chi connectivity index (χ1n) is 8.20. The van der Waals surface area contributed by atoms with Gasteiger partial charge in [-0.15, -0.1) is 0 Å². The second kappa shape index (κ2) is 6.11. The van der Waals surface area contributed by atoms with Crippen LogP contribution in [0.4, 0.5) is 5.69 Å². The smallest absolute Gasteiger partial charge is 0.228 e. The number of anilines is 1. The van der Waals surface area contributed by atoms with Crippen LogP contribution in [0.1, 0.15) is 31.7 Å². The van der Waals surface area contributed by atoms with E-state index in [9.17, 15) is 9.59 Å². The second-order valence-electron chi connectivity index (χ2n) is 6.75. The normalized spacial score (nSPS) is 23.2. The maximum atomic E-state index is 12.6. The number of benzene rings is 1. The first-order chi connectivity index (χ1) is 10.5. The molecule has 2 fully saturated rings. The van der Waals surface area contributed by atoms with Gasteiger partial charge in [-0.1, -0.05) is 24.6 Å². The molecule has 22 heavy (non-hydrogen) atoms. The molecule has 1 atom stereocenters. The number of piperidine rings is 1. The monoisotopic (exact) mass is 300 g/mol. The number of rotatable bonds is 2. The van der Waals surface area contributed by atoms with Gasteiger partial charge in [-0.2, -0.15) is 0 Å². The molecule has 0 bridgehead atoms. The van der Waals surface area contributed by atoms with Gasteiger partial charge >= 0.3 is 0 Å². The summed E-state index contributed by atoms with van der Waals surface area (Å²) in [5, 5.41) is 0. The molecule has 3 rings (SSSR count). The van der Waals surface area contributed by atoms with E-state index in [-0.39, 0.29) is 17.7 Å². The Morgan fingerprint density at radius 2 is 1.77 bits per heavy atom. The largest absolute Gasteiger partial charge is 0.342 e. The van der Waals surface area contributed by atoms with Crippen LogP contribution in [0.5, 0.6) is 0 Å². The van der Waals surface area contributed by atoms with E-state index in [1.807, 2.05) is 36.1 Å². The van der Waals surface area contributed by atoms with E-state index in [2.05, 4.69) is 6.92 Å². The van der Waals surface area contributed by atoms with Crippen LogP contribution in [0.2, 0.25) is 0 Å². The molecule has 0 unspecified atom stereocenters. The van der Waals surface area contributed by atoms with Crippen LogP contribution in [-0.4, -0.2) is 36.3 Å². The SMILES string of the molecule is Cc1ccc(N2C[C@H](C(=O)N3CCC(C)CC3)CC2=O)cc1. The molecule has 0 radical (unpaired) electrons. The van der Waals surface area contributed by atoms with Gasteiger partial charge in [0.1, 0.15) is 0 Å². The number of likely N-dealkylation sites (tertiary alicyclic amines) is 1. The molecule has 2 heterocycles. The molecular formula is C18H24N2O2. The lowest BCUT2D eigenvalue weighted by Gasteiger charge is -2.32. The fourth-order valence-electron chi connectivity index (χ4n) is 3.33. The Kier molecular flexibility index (Phi) is 4.19. The van der Waals surface area contributed by atoms with Crippen molar-refractivity contribution in [1.82, 2.24) is 4.90 Å². The van der Waals surface area contributed by atoms with E-state index in [1.165, 1.54) is 5.56 Å². The lowest BCUT2D eigenvalue weighted by Crippen LogP contribution is -2.42. The number of amides is 2. The highest BCUT2D eigenvalue weighted by molar-refractivity contribution is 6.00. The van der Waals surface area contributed by atoms with Crippen LogP contribution in [0.15, 0.2) is 24.3 Å². The van der Waals surface area contributed by atoms with Crippen LogP contribution in [0.3, 0.4) is 0 Å². The van der Waals surface area contributed by atoms with Crippen molar-refractivity contribution < 1.29 is 9.59 Å². The Morgan fingerprint density at radius 3 is 2.41 bits per heavy atom. The molecular weight excluding hydrogens is 276 g/mol. The van der Waals surface area contributed by atoms with E-state index in [0.717, 1.165) is 31.6 Å². The van der Waals surface area contributed by atoms with Crippen molar-refractivity contribution in [1.29, 1.82) is 0 Å². The zero-order chi connectivity index (χ0) is 15.7. The summed E-state index contributed by atoms with van der Waals surface area (Å²) in [5.41, 5.74) is 2.07. The topological polar surface area (TPSA) is 40.6 Å². The Hall–Kier alpha value is -1.84. The highest BCUT2D eigenvalue weighted by Crippen LogP contribution is 2.28. The van der Waals surface area contributed by atoms with Crippen molar-refractivity contribution in [3.8, 4) is 0 Å². The summed E-state index contributed by atoms with van der Waals surface area (Å²) in [5.74, 6) is 0.753. The van der Waals surface area contributed by atoms with Gasteiger partial charge in [0.05, 0.1) is 5.92 Å². The number of hydrogen-bond donors (Lipinski definition) is 0. The molecule has 0 aliphatic carbocycles. The molecule has 0 spiro atoms. The van der Waals surface area contributed by atoms with Crippen LogP contribution < -0.4 is 4.90 Å². The minimum absolute atomic E-state index is 0.0626. The molecule has 4 nitrogen and oxygen atoms in total. The highest BCUT2D eigenvalue weighted by atomic mass is 16.2. The Bertz CT molecular complexity index is 559. The molecule has 0 saturated carbocycles. The Morgan fingerprint density at radius 1 is 1.14 bits per heavy atom. The zero-order valence-electron chi connectivity index (χ0n) is 13.4. The van der Waals surface area contributed by atoms with Crippen LogP contribution in [0, 0.1) is 18.8 Å². The standard InChI is InChI=1S/C18H24N2O2/c1-13-3-5-16(6-4-13)20-12-15(11-17(20)21)18(22)19-9-7-14(2)8-10-19/h3-6,14-15H,7-12H2,1-2H3/t15-/m1/s1. The lowest BCUT2D eigenvalue weighted by molar-refractivity contribution is -0.137. The summed E-state index contributed by atoms with van der Waals surface area (Å²) >= 11 is 0. The molecule has 2 amide bonds. The van der Waals surface area contributed by atoms with Crippen molar-refractivity contribution in [3.05, 3.63) is 29.8 Å². The van der Waals surface area contributed by atoms with E-state index < -0.39 is 0 Å². The molecule has 2 saturated heterocycles. The van der Waals surface area contributed by atoms with Gasteiger partial charge in [-0.25, -0.2) is 0 Å². The summed E-state index contributed by atoms with van der Waals surface area (Å²) in [6.45, 7) is 6.47. The maximum Gasteiger partial charge on any atom is 0.228 e. The van der Waals surface area contributed by atoms with Gasteiger partial charge in [0.15, 0.2) is 0 Å². The number of carbonyl (C=O) groups excluding carboxylic acids is 2. The zero-order valence-corrected chi connectivity index (χ0v) is 13.4. The first-order valence-corrected chi connectivity index (χ1v) is 8.20. The summed E-state index contributed by atoms with van der Waals surface area (Å²) in [6.07, 6.45) is 2.50. The molecule has 0 aromatic heterocycles. The van der Waals surface area contributed by atoms with E-state index in [4.69, 9.17) is 0 Å². The van der Waals surface area contributed by atoms with Crippen molar-refractivity contribution in [3.63, 3.8) is 0 Å². The molecule has 2 aliphatic rings. The summed E-state index contributed by atoms with van der Waals surface area (Å²) < 4.78 is 0. The molecule has 1 aromatic rings. The van der Waals surface area contributed by atoms with E-state index in [1.54, 1.807) is 4.90 Å². The number of carbonyl (C=O) groups is 2. The minimum Gasteiger partial charge on any atom is -0.342 e. The third kappa shape index (κ3) is 3.01. The van der Waals surface area contributed by atoms with Crippen molar-refractivity contribution >= 4 is 17.5 Å². The quantitative estimate of drug-likeness (QED) is 0.842. The Balaban J connectivity index is 1.66. The van der Waals surface area contributed by atoms with Crippen molar-refractivity contribution in [2.45, 2.75) is 33.1 Å². The van der Waals surface area contributed by atoms with Crippen LogP contribution >= 0.6 is 0 Å². The highest BCUT2D eigenvalue weighted by Gasteiger charge is 2.37. The average molecular weight is 300 g/mol. The van der Waals surface area contributed by atoms with Gasteiger partial charge in [0, 0.05) is 31.7 Å². The van der Waals surface area contributed by atoms with Crippen LogP contribution in [0.25, 0.3) is 0 Å². The van der Waals surface area contributed by atoms with Crippen LogP contribution in [-0.2, 0) is 9.59 Å². The summed E-state index contributed by atoms with van der Waals surface area (Å²) in [6, 6.07) is 7.93. The fraction of sp³-hybridized carbons (Fsp3) is 0.556. The molecule has 4 heteroatoms. The second-order valence-corrected chi connectivity index (χ2v) is 6.75. The predicted octanol–water partition coefficient (Wildman–Crippen LogP) is 2.61. The molecule has 0 N–H and O–H groups in total. The minimum atomic E-state index is -0.179. The molecule has 2 aliphatic heterocycles. The fourth-order valence-corrected chi connectivity index (χ4v) is 3.33.